The largest absolute Gasteiger partial charge is 0.478 e. The van der Waals surface area contributed by atoms with Crippen molar-refractivity contribution in [3.8, 4) is 0 Å². The van der Waals surface area contributed by atoms with Crippen molar-refractivity contribution in [3.63, 3.8) is 0 Å². The Morgan fingerprint density at radius 1 is 1.53 bits per heavy atom. The fourth-order valence-corrected chi connectivity index (χ4v) is 3.24. The van der Waals surface area contributed by atoms with E-state index in [-0.39, 0.29) is 11.4 Å². The molecule has 0 atom stereocenters. The molecule has 0 unspecified atom stereocenters. The molecule has 1 aromatic rings. The summed E-state index contributed by atoms with van der Waals surface area (Å²) < 4.78 is 13.9. The first kappa shape index (κ1) is 14.3. The molecule has 3 nitrogen and oxygen atoms in total. The molecule has 104 valence electrons. The van der Waals surface area contributed by atoms with Crippen LogP contribution in [0.3, 0.4) is 0 Å². The van der Waals surface area contributed by atoms with Gasteiger partial charge in [0.05, 0.1) is 5.56 Å². The quantitative estimate of drug-likeness (QED) is 0.843. The molecule has 0 aliphatic heterocycles. The zero-order chi connectivity index (χ0) is 13.9. The maximum absolute atomic E-state index is 13.6. The second-order valence-electron chi connectivity index (χ2n) is 4.96. The van der Waals surface area contributed by atoms with Crippen LogP contribution in [0, 0.1) is 5.82 Å². The van der Waals surface area contributed by atoms with Crippen molar-refractivity contribution in [3.05, 3.63) is 35.1 Å². The Balaban J connectivity index is 1.95. The molecule has 1 aliphatic rings. The molecule has 0 amide bonds. The molecule has 0 bridgehead atoms. The Labute approximate surface area is 116 Å². The highest BCUT2D eigenvalue weighted by molar-refractivity contribution is 8.00. The Bertz CT molecular complexity index is 469. The number of thioether (sulfide) groups is 1. The normalized spacial score (nSPS) is 16.9. The van der Waals surface area contributed by atoms with Gasteiger partial charge in [-0.1, -0.05) is 6.42 Å². The lowest BCUT2D eigenvalue weighted by Crippen LogP contribution is -2.43. The average Bonchev–Trinajstić information content (AvgIpc) is 2.34. The number of rotatable bonds is 6. The average molecular weight is 283 g/mol. The van der Waals surface area contributed by atoms with Crippen LogP contribution in [0.25, 0.3) is 0 Å². The molecular formula is C14H18FNO2S. The SMILES string of the molecule is CSC1(CNCc2cc(C(=O)O)ccc2F)CCC1. The predicted molar refractivity (Wildman–Crippen MR) is 75.2 cm³/mol. The van der Waals surface area contributed by atoms with Gasteiger partial charge in [-0.2, -0.15) is 11.8 Å². The monoisotopic (exact) mass is 283 g/mol. The van der Waals surface area contributed by atoms with Crippen molar-refractivity contribution < 1.29 is 14.3 Å². The van der Waals surface area contributed by atoms with Gasteiger partial charge in [0.2, 0.25) is 0 Å². The summed E-state index contributed by atoms with van der Waals surface area (Å²) in [6.07, 6.45) is 5.75. The Hall–Kier alpha value is -1.07. The van der Waals surface area contributed by atoms with Crippen LogP contribution in [0.4, 0.5) is 4.39 Å². The molecule has 1 saturated carbocycles. The number of halogens is 1. The maximum Gasteiger partial charge on any atom is 0.335 e. The smallest absolute Gasteiger partial charge is 0.335 e. The standard InChI is InChI=1S/C14H18FNO2S/c1-19-14(5-2-6-14)9-16-8-11-7-10(13(17)18)3-4-12(11)15/h3-4,7,16H,2,5-6,8-9H2,1H3,(H,17,18). The molecule has 1 fully saturated rings. The number of hydrogen-bond donors (Lipinski definition) is 2. The summed E-state index contributed by atoms with van der Waals surface area (Å²) >= 11 is 1.86. The molecular weight excluding hydrogens is 265 g/mol. The van der Waals surface area contributed by atoms with Crippen molar-refractivity contribution in [2.75, 3.05) is 12.8 Å². The summed E-state index contributed by atoms with van der Waals surface area (Å²) in [6.45, 7) is 1.21. The number of aromatic carboxylic acids is 1. The summed E-state index contributed by atoms with van der Waals surface area (Å²) in [4.78, 5) is 10.9. The third-order valence-electron chi connectivity index (χ3n) is 3.75. The topological polar surface area (TPSA) is 49.3 Å². The number of hydrogen-bond acceptors (Lipinski definition) is 3. The van der Waals surface area contributed by atoms with E-state index < -0.39 is 5.97 Å². The minimum absolute atomic E-state index is 0.126. The van der Waals surface area contributed by atoms with E-state index in [4.69, 9.17) is 5.11 Å². The van der Waals surface area contributed by atoms with E-state index in [0.717, 1.165) is 6.54 Å². The molecule has 19 heavy (non-hydrogen) atoms. The number of benzene rings is 1. The fourth-order valence-electron chi connectivity index (χ4n) is 2.29. The van der Waals surface area contributed by atoms with Crippen molar-refractivity contribution in [2.45, 2.75) is 30.6 Å². The molecule has 0 radical (unpaired) electrons. The van der Waals surface area contributed by atoms with Crippen LogP contribution in [0.2, 0.25) is 0 Å². The summed E-state index contributed by atoms with van der Waals surface area (Å²) in [7, 11) is 0. The van der Waals surface area contributed by atoms with Crippen LogP contribution in [-0.2, 0) is 6.54 Å². The lowest BCUT2D eigenvalue weighted by atomic mass is 9.84. The zero-order valence-electron chi connectivity index (χ0n) is 10.9. The lowest BCUT2D eigenvalue weighted by molar-refractivity contribution is 0.0696. The Morgan fingerprint density at radius 2 is 2.26 bits per heavy atom. The maximum atomic E-state index is 13.6. The first-order chi connectivity index (χ1) is 9.06. The van der Waals surface area contributed by atoms with Crippen LogP contribution in [0.15, 0.2) is 18.2 Å². The highest BCUT2D eigenvalue weighted by Gasteiger charge is 2.35. The lowest BCUT2D eigenvalue weighted by Gasteiger charge is -2.40. The molecule has 0 spiro atoms. The van der Waals surface area contributed by atoms with Crippen molar-refractivity contribution in [1.82, 2.24) is 5.32 Å². The van der Waals surface area contributed by atoms with E-state index in [0.29, 0.717) is 16.9 Å². The first-order valence-electron chi connectivity index (χ1n) is 6.34. The van der Waals surface area contributed by atoms with Crippen LogP contribution in [-0.4, -0.2) is 28.6 Å². The summed E-state index contributed by atoms with van der Waals surface area (Å²) in [5, 5.41) is 12.1. The second kappa shape index (κ2) is 5.92. The van der Waals surface area contributed by atoms with Crippen LogP contribution in [0.5, 0.6) is 0 Å². The van der Waals surface area contributed by atoms with E-state index in [1.165, 1.54) is 37.5 Å². The van der Waals surface area contributed by atoms with E-state index in [1.807, 2.05) is 11.8 Å². The highest BCUT2D eigenvalue weighted by atomic mass is 32.2. The minimum Gasteiger partial charge on any atom is -0.478 e. The van der Waals surface area contributed by atoms with Gasteiger partial charge in [-0.15, -0.1) is 0 Å². The summed E-state index contributed by atoms with van der Waals surface area (Å²) in [5.41, 5.74) is 0.539. The number of carboxylic acids is 1. The molecule has 1 aromatic carbocycles. The van der Waals surface area contributed by atoms with E-state index in [1.54, 1.807) is 0 Å². The third kappa shape index (κ3) is 3.28. The Morgan fingerprint density at radius 3 is 2.79 bits per heavy atom. The molecule has 0 saturated heterocycles. The second-order valence-corrected chi connectivity index (χ2v) is 6.23. The zero-order valence-corrected chi connectivity index (χ0v) is 11.7. The van der Waals surface area contributed by atoms with Gasteiger partial charge < -0.3 is 10.4 Å². The van der Waals surface area contributed by atoms with Gasteiger partial charge in [0.25, 0.3) is 0 Å². The molecule has 2 rings (SSSR count). The van der Waals surface area contributed by atoms with E-state index in [2.05, 4.69) is 11.6 Å². The first-order valence-corrected chi connectivity index (χ1v) is 7.56. The van der Waals surface area contributed by atoms with Crippen LogP contribution < -0.4 is 5.32 Å². The Kier molecular flexibility index (Phi) is 4.47. The van der Waals surface area contributed by atoms with Gasteiger partial charge in [0.15, 0.2) is 0 Å². The molecule has 1 aliphatic carbocycles. The predicted octanol–water partition coefficient (Wildman–Crippen LogP) is 2.90. The van der Waals surface area contributed by atoms with E-state index in [9.17, 15) is 9.18 Å². The van der Waals surface area contributed by atoms with Gasteiger partial charge in [0, 0.05) is 23.4 Å². The summed E-state index contributed by atoms with van der Waals surface area (Å²) in [6, 6.07) is 3.90. The molecule has 5 heteroatoms. The number of nitrogens with one attached hydrogen (secondary N) is 1. The highest BCUT2D eigenvalue weighted by Crippen LogP contribution is 2.42. The minimum atomic E-state index is -1.03. The van der Waals surface area contributed by atoms with Crippen LogP contribution >= 0.6 is 11.8 Å². The molecule has 0 heterocycles. The number of carbonyl (C=O) groups is 1. The van der Waals surface area contributed by atoms with Gasteiger partial charge in [-0.05, 0) is 37.3 Å². The molecule has 0 aromatic heterocycles. The van der Waals surface area contributed by atoms with E-state index >= 15 is 0 Å². The summed E-state index contributed by atoms with van der Waals surface area (Å²) in [5.74, 6) is -1.38. The third-order valence-corrected chi connectivity index (χ3v) is 5.17. The van der Waals surface area contributed by atoms with Crippen molar-refractivity contribution in [2.24, 2.45) is 0 Å². The number of carboxylic acid groups (broad SMARTS) is 1. The van der Waals surface area contributed by atoms with Gasteiger partial charge >= 0.3 is 5.97 Å². The van der Waals surface area contributed by atoms with Gasteiger partial charge in [-0.3, -0.25) is 0 Å². The van der Waals surface area contributed by atoms with Gasteiger partial charge in [-0.25, -0.2) is 9.18 Å². The van der Waals surface area contributed by atoms with Crippen LogP contribution in [0.1, 0.15) is 35.2 Å². The fraction of sp³-hybridized carbons (Fsp3) is 0.500. The van der Waals surface area contributed by atoms with Gasteiger partial charge in [0.1, 0.15) is 5.82 Å². The van der Waals surface area contributed by atoms with Crippen molar-refractivity contribution in [1.29, 1.82) is 0 Å². The van der Waals surface area contributed by atoms with Crippen molar-refractivity contribution >= 4 is 17.7 Å². The molecule has 2 N–H and O–H groups in total.